The number of benzene rings is 1. The molecule has 0 N–H and O–H groups in total. The fraction of sp³-hybridized carbons (Fsp3) is 0.632. The first-order valence-electron chi connectivity index (χ1n) is 8.77. The summed E-state index contributed by atoms with van der Waals surface area (Å²) in [5.74, 6) is 0.968. The lowest BCUT2D eigenvalue weighted by molar-refractivity contribution is -0.135. The first-order valence-corrected chi connectivity index (χ1v) is 8.77. The number of carbonyl (C=O) groups excluding carboxylic acids is 1. The van der Waals surface area contributed by atoms with Crippen molar-refractivity contribution in [1.82, 2.24) is 9.80 Å². The molecule has 2 atom stereocenters. The topological polar surface area (TPSA) is 23.6 Å². The van der Waals surface area contributed by atoms with Crippen molar-refractivity contribution in [3.05, 3.63) is 35.9 Å². The normalized spacial score (nSPS) is 25.8. The van der Waals surface area contributed by atoms with Gasteiger partial charge in [0.15, 0.2) is 0 Å². The summed E-state index contributed by atoms with van der Waals surface area (Å²) in [4.78, 5) is 16.5. The third-order valence-electron chi connectivity index (χ3n) is 5.34. The Morgan fingerprint density at radius 1 is 1.18 bits per heavy atom. The van der Waals surface area contributed by atoms with Gasteiger partial charge in [0.05, 0.1) is 0 Å². The minimum atomic E-state index is 0.271. The first kappa shape index (κ1) is 15.5. The summed E-state index contributed by atoms with van der Waals surface area (Å²) in [7, 11) is 0. The molecule has 2 saturated heterocycles. The van der Waals surface area contributed by atoms with Crippen LogP contribution in [0, 0.1) is 5.92 Å². The molecule has 120 valence electrons. The zero-order valence-corrected chi connectivity index (χ0v) is 13.7. The van der Waals surface area contributed by atoms with E-state index < -0.39 is 0 Å². The summed E-state index contributed by atoms with van der Waals surface area (Å²) < 4.78 is 0. The molecular weight excluding hydrogens is 272 g/mol. The molecule has 0 bridgehead atoms. The maximum Gasteiger partial charge on any atom is 0.219 e. The minimum Gasteiger partial charge on any atom is -0.340 e. The predicted molar refractivity (Wildman–Crippen MR) is 89.7 cm³/mol. The van der Waals surface area contributed by atoms with E-state index in [1.807, 2.05) is 0 Å². The summed E-state index contributed by atoms with van der Waals surface area (Å²) >= 11 is 0. The van der Waals surface area contributed by atoms with Crippen molar-refractivity contribution >= 4 is 5.91 Å². The molecule has 2 heterocycles. The number of piperidine rings is 2. The number of fused-ring (bicyclic) bond motifs is 1. The van der Waals surface area contributed by atoms with E-state index in [-0.39, 0.29) is 5.91 Å². The molecule has 0 aliphatic carbocycles. The van der Waals surface area contributed by atoms with Crippen LogP contribution in [0.2, 0.25) is 0 Å². The van der Waals surface area contributed by atoms with Crippen molar-refractivity contribution in [2.75, 3.05) is 26.2 Å². The van der Waals surface area contributed by atoms with Gasteiger partial charge in [-0.25, -0.2) is 0 Å². The van der Waals surface area contributed by atoms with Crippen LogP contribution in [-0.2, 0) is 11.2 Å². The second-order valence-corrected chi connectivity index (χ2v) is 6.86. The summed E-state index contributed by atoms with van der Waals surface area (Å²) in [6.07, 6.45) is 6.04. The molecule has 2 aliphatic heterocycles. The van der Waals surface area contributed by atoms with E-state index in [0.29, 0.717) is 12.0 Å². The van der Waals surface area contributed by atoms with Gasteiger partial charge in [0.1, 0.15) is 0 Å². The van der Waals surface area contributed by atoms with Crippen LogP contribution in [0.3, 0.4) is 0 Å². The third kappa shape index (κ3) is 3.70. The Kier molecular flexibility index (Phi) is 5.14. The minimum absolute atomic E-state index is 0.271. The van der Waals surface area contributed by atoms with E-state index in [2.05, 4.69) is 40.1 Å². The molecule has 3 rings (SSSR count). The number of amides is 1. The lowest BCUT2D eigenvalue weighted by atomic mass is 9.83. The molecule has 0 spiro atoms. The van der Waals surface area contributed by atoms with Crippen molar-refractivity contribution in [3.63, 3.8) is 0 Å². The van der Waals surface area contributed by atoms with Crippen molar-refractivity contribution in [2.24, 2.45) is 5.92 Å². The van der Waals surface area contributed by atoms with Gasteiger partial charge >= 0.3 is 0 Å². The molecular formula is C19H28N2O. The quantitative estimate of drug-likeness (QED) is 0.853. The highest BCUT2D eigenvalue weighted by molar-refractivity contribution is 5.73. The molecule has 1 aromatic rings. The average molecular weight is 300 g/mol. The maximum atomic E-state index is 11.8. The Morgan fingerprint density at radius 2 is 2.00 bits per heavy atom. The zero-order valence-electron chi connectivity index (χ0n) is 13.7. The highest BCUT2D eigenvalue weighted by Gasteiger charge is 2.36. The number of nitrogens with zero attached hydrogens (tertiary/aromatic N) is 2. The van der Waals surface area contributed by atoms with Crippen LogP contribution < -0.4 is 0 Å². The number of hydrogen-bond acceptors (Lipinski definition) is 2. The number of carbonyl (C=O) groups is 1. The number of aryl methyl sites for hydroxylation is 1. The molecule has 2 fully saturated rings. The number of hydrogen-bond donors (Lipinski definition) is 0. The van der Waals surface area contributed by atoms with Gasteiger partial charge in [-0.15, -0.1) is 0 Å². The molecule has 3 nitrogen and oxygen atoms in total. The van der Waals surface area contributed by atoms with Gasteiger partial charge in [0.2, 0.25) is 5.91 Å². The molecule has 3 heteroatoms. The summed E-state index contributed by atoms with van der Waals surface area (Å²) in [5.41, 5.74) is 1.44. The number of rotatable bonds is 4. The summed E-state index contributed by atoms with van der Waals surface area (Å²) in [6.45, 7) is 6.24. The Balaban J connectivity index is 1.47. The Labute approximate surface area is 134 Å². The molecule has 1 aromatic carbocycles. The molecule has 1 amide bonds. The predicted octanol–water partition coefficient (Wildman–Crippen LogP) is 2.95. The van der Waals surface area contributed by atoms with Crippen molar-refractivity contribution in [1.29, 1.82) is 0 Å². The zero-order chi connectivity index (χ0) is 15.4. The van der Waals surface area contributed by atoms with Crippen LogP contribution in [0.4, 0.5) is 0 Å². The van der Waals surface area contributed by atoms with E-state index in [4.69, 9.17) is 0 Å². The van der Waals surface area contributed by atoms with Crippen LogP contribution in [-0.4, -0.2) is 47.9 Å². The lowest BCUT2D eigenvalue weighted by Crippen LogP contribution is -2.55. The second kappa shape index (κ2) is 7.28. The van der Waals surface area contributed by atoms with E-state index in [1.165, 1.54) is 44.3 Å². The Hall–Kier alpha value is -1.35. The highest BCUT2D eigenvalue weighted by atomic mass is 16.2. The second-order valence-electron chi connectivity index (χ2n) is 6.86. The van der Waals surface area contributed by atoms with Gasteiger partial charge in [0.25, 0.3) is 0 Å². The molecule has 0 aromatic heterocycles. The van der Waals surface area contributed by atoms with Crippen LogP contribution >= 0.6 is 0 Å². The van der Waals surface area contributed by atoms with Crippen LogP contribution in [0.25, 0.3) is 0 Å². The van der Waals surface area contributed by atoms with Crippen molar-refractivity contribution in [3.8, 4) is 0 Å². The largest absolute Gasteiger partial charge is 0.340 e. The molecule has 2 aliphatic rings. The maximum absolute atomic E-state index is 11.8. The fourth-order valence-electron chi connectivity index (χ4n) is 4.22. The smallest absolute Gasteiger partial charge is 0.219 e. The standard InChI is InChI=1S/C19H28N2O/c1-16(22)21-13-6-10-18-15-20(14-11-19(18)21)12-5-9-17-7-3-2-4-8-17/h2-4,7-8,18-19H,5-6,9-15H2,1H3/t18-,19+/m1/s1. The van der Waals surface area contributed by atoms with E-state index >= 15 is 0 Å². The van der Waals surface area contributed by atoms with E-state index in [0.717, 1.165) is 19.5 Å². The molecule has 22 heavy (non-hydrogen) atoms. The van der Waals surface area contributed by atoms with Crippen LogP contribution in [0.5, 0.6) is 0 Å². The highest BCUT2D eigenvalue weighted by Crippen LogP contribution is 2.30. The van der Waals surface area contributed by atoms with E-state index in [1.54, 1.807) is 6.92 Å². The van der Waals surface area contributed by atoms with Crippen molar-refractivity contribution < 1.29 is 4.79 Å². The summed E-state index contributed by atoms with van der Waals surface area (Å²) in [5, 5.41) is 0. The van der Waals surface area contributed by atoms with Gasteiger partial charge in [-0.2, -0.15) is 0 Å². The Morgan fingerprint density at radius 3 is 2.77 bits per heavy atom. The van der Waals surface area contributed by atoms with Gasteiger partial charge < -0.3 is 9.80 Å². The Bertz CT molecular complexity index is 487. The molecule has 0 radical (unpaired) electrons. The average Bonchev–Trinajstić information content (AvgIpc) is 2.55. The van der Waals surface area contributed by atoms with Gasteiger partial charge in [0, 0.05) is 32.6 Å². The summed E-state index contributed by atoms with van der Waals surface area (Å²) in [6, 6.07) is 11.3. The molecule has 0 unspecified atom stereocenters. The lowest BCUT2D eigenvalue weighted by Gasteiger charge is -2.47. The SMILES string of the molecule is CC(=O)N1CCC[C@@H]2CN(CCCc3ccccc3)CC[C@@H]21. The van der Waals surface area contributed by atoms with Crippen LogP contribution in [0.15, 0.2) is 30.3 Å². The van der Waals surface area contributed by atoms with E-state index in [9.17, 15) is 4.79 Å². The van der Waals surface area contributed by atoms with Gasteiger partial charge in [-0.1, -0.05) is 30.3 Å². The first-order chi connectivity index (χ1) is 10.7. The van der Waals surface area contributed by atoms with Gasteiger partial charge in [-0.05, 0) is 50.1 Å². The third-order valence-corrected chi connectivity index (χ3v) is 5.34. The van der Waals surface area contributed by atoms with Crippen LogP contribution in [0.1, 0.15) is 38.2 Å². The van der Waals surface area contributed by atoms with Crippen molar-refractivity contribution in [2.45, 2.75) is 45.1 Å². The fourth-order valence-corrected chi connectivity index (χ4v) is 4.22. The monoisotopic (exact) mass is 300 g/mol. The van der Waals surface area contributed by atoms with Gasteiger partial charge in [-0.3, -0.25) is 4.79 Å². The number of likely N-dealkylation sites (tertiary alicyclic amines) is 2. The molecule has 0 saturated carbocycles.